The Morgan fingerprint density at radius 1 is 1.40 bits per heavy atom. The summed E-state index contributed by atoms with van der Waals surface area (Å²) < 4.78 is 5.63. The van der Waals surface area contributed by atoms with Gasteiger partial charge in [0, 0.05) is 30.6 Å². The second-order valence-electron chi connectivity index (χ2n) is 5.07. The molecule has 2 rings (SSSR count). The zero-order valence-corrected chi connectivity index (χ0v) is 13.4. The van der Waals surface area contributed by atoms with Crippen LogP contribution >= 0.6 is 11.8 Å². The monoisotopic (exact) mass is 297 g/mol. The Bertz CT molecular complexity index is 443. The molecular formula is C13H23N5OS. The molecule has 1 aliphatic heterocycles. The summed E-state index contributed by atoms with van der Waals surface area (Å²) in [5.74, 6) is 2.39. The van der Waals surface area contributed by atoms with E-state index in [0.29, 0.717) is 23.2 Å². The average Bonchev–Trinajstić information content (AvgIpc) is 2.38. The number of ether oxygens (including phenoxy) is 1. The Hall–Kier alpha value is -1.24. The van der Waals surface area contributed by atoms with E-state index in [0.717, 1.165) is 25.4 Å². The highest BCUT2D eigenvalue weighted by atomic mass is 32.2. The molecule has 20 heavy (non-hydrogen) atoms. The molecule has 0 saturated carbocycles. The van der Waals surface area contributed by atoms with Crippen LogP contribution in [0.3, 0.4) is 0 Å². The van der Waals surface area contributed by atoms with Crippen molar-refractivity contribution in [2.24, 2.45) is 0 Å². The lowest BCUT2D eigenvalue weighted by Gasteiger charge is -2.30. The second-order valence-corrected chi connectivity index (χ2v) is 6.61. The third-order valence-corrected chi connectivity index (χ3v) is 3.94. The van der Waals surface area contributed by atoms with Gasteiger partial charge in [-0.25, -0.2) is 0 Å². The van der Waals surface area contributed by atoms with Crippen LogP contribution < -0.4 is 15.0 Å². The molecule has 0 bridgehead atoms. The average molecular weight is 297 g/mol. The van der Waals surface area contributed by atoms with Crippen LogP contribution in [0.1, 0.15) is 27.7 Å². The molecule has 7 heteroatoms. The van der Waals surface area contributed by atoms with Crippen LogP contribution in [0.15, 0.2) is 0 Å². The Labute approximate surface area is 124 Å². The molecule has 1 N–H and O–H groups in total. The van der Waals surface area contributed by atoms with Crippen LogP contribution in [0.5, 0.6) is 6.01 Å². The zero-order chi connectivity index (χ0) is 14.5. The molecule has 1 atom stereocenters. The van der Waals surface area contributed by atoms with E-state index in [-0.39, 0.29) is 6.10 Å². The predicted molar refractivity (Wildman–Crippen MR) is 83.9 cm³/mol. The largest absolute Gasteiger partial charge is 0.461 e. The lowest BCUT2D eigenvalue weighted by atomic mass is 10.4. The molecule has 1 aliphatic rings. The number of rotatable bonds is 5. The molecule has 1 saturated heterocycles. The van der Waals surface area contributed by atoms with Gasteiger partial charge in [0.2, 0.25) is 11.9 Å². The molecule has 0 radical (unpaired) electrons. The number of nitrogens with one attached hydrogen (secondary N) is 1. The van der Waals surface area contributed by atoms with Crippen LogP contribution in [-0.4, -0.2) is 51.7 Å². The molecule has 0 aliphatic carbocycles. The van der Waals surface area contributed by atoms with Gasteiger partial charge in [0.1, 0.15) is 0 Å². The van der Waals surface area contributed by atoms with Crippen molar-refractivity contribution in [3.8, 4) is 6.01 Å². The van der Waals surface area contributed by atoms with E-state index >= 15 is 0 Å². The summed E-state index contributed by atoms with van der Waals surface area (Å²) >= 11 is 1.99. The third kappa shape index (κ3) is 4.13. The highest BCUT2D eigenvalue weighted by Crippen LogP contribution is 2.23. The van der Waals surface area contributed by atoms with Gasteiger partial charge in [-0.05, 0) is 20.8 Å². The number of nitrogens with zero attached hydrogens (tertiary/aromatic N) is 4. The first-order valence-electron chi connectivity index (χ1n) is 7.11. The Morgan fingerprint density at radius 2 is 2.20 bits per heavy atom. The van der Waals surface area contributed by atoms with E-state index in [2.05, 4.69) is 32.1 Å². The first kappa shape index (κ1) is 15.2. The summed E-state index contributed by atoms with van der Waals surface area (Å²) in [5, 5.41) is 3.73. The maximum atomic E-state index is 5.63. The van der Waals surface area contributed by atoms with Crippen molar-refractivity contribution < 1.29 is 4.74 Å². The molecule has 1 fully saturated rings. The van der Waals surface area contributed by atoms with Gasteiger partial charge in [0.15, 0.2) is 0 Å². The van der Waals surface area contributed by atoms with Crippen molar-refractivity contribution in [1.82, 2.24) is 15.0 Å². The van der Waals surface area contributed by atoms with E-state index in [1.807, 2.05) is 32.5 Å². The smallest absolute Gasteiger partial charge is 0.323 e. The first-order valence-corrected chi connectivity index (χ1v) is 8.16. The van der Waals surface area contributed by atoms with Gasteiger partial charge in [-0.3, -0.25) is 0 Å². The maximum absolute atomic E-state index is 5.63. The van der Waals surface area contributed by atoms with E-state index in [9.17, 15) is 0 Å². The third-order valence-electron chi connectivity index (χ3n) is 2.80. The molecule has 1 aromatic heterocycles. The highest BCUT2D eigenvalue weighted by Gasteiger charge is 2.21. The fraction of sp³-hybridized carbons (Fsp3) is 0.769. The normalized spacial score (nSPS) is 19.2. The zero-order valence-electron chi connectivity index (χ0n) is 12.6. The minimum absolute atomic E-state index is 0.0514. The lowest BCUT2D eigenvalue weighted by molar-refractivity contribution is 0.222. The minimum Gasteiger partial charge on any atom is -0.461 e. The van der Waals surface area contributed by atoms with Crippen LogP contribution in [0, 0.1) is 0 Å². The standard InChI is InChI=1S/C13H23N5OS/c1-5-14-11-15-12(17-13(16-11)19-9(2)3)18-6-7-20-10(4)8-18/h9-10H,5-8H2,1-4H3,(H,14,15,16,17). The van der Waals surface area contributed by atoms with E-state index < -0.39 is 0 Å². The highest BCUT2D eigenvalue weighted by molar-refractivity contribution is 8.00. The summed E-state index contributed by atoms with van der Waals surface area (Å²) in [7, 11) is 0. The predicted octanol–water partition coefficient (Wildman–Crippen LogP) is 2.03. The number of hydrogen-bond acceptors (Lipinski definition) is 7. The number of aromatic nitrogens is 3. The van der Waals surface area contributed by atoms with Gasteiger partial charge in [0.25, 0.3) is 0 Å². The molecule has 0 aromatic carbocycles. The molecule has 0 amide bonds. The SMILES string of the molecule is CCNc1nc(OC(C)C)nc(N2CCSC(C)C2)n1. The van der Waals surface area contributed by atoms with E-state index in [4.69, 9.17) is 4.74 Å². The first-order chi connectivity index (χ1) is 9.58. The van der Waals surface area contributed by atoms with Crippen LogP contribution in [0.4, 0.5) is 11.9 Å². The molecule has 0 spiro atoms. The van der Waals surface area contributed by atoms with E-state index in [1.54, 1.807) is 0 Å². The van der Waals surface area contributed by atoms with Gasteiger partial charge >= 0.3 is 6.01 Å². The number of hydrogen-bond donors (Lipinski definition) is 1. The van der Waals surface area contributed by atoms with Crippen molar-refractivity contribution in [3.63, 3.8) is 0 Å². The Kier molecular flexibility index (Phi) is 5.28. The molecule has 1 aromatic rings. The van der Waals surface area contributed by atoms with Gasteiger partial charge in [-0.15, -0.1) is 0 Å². The summed E-state index contributed by atoms with van der Waals surface area (Å²) in [5.41, 5.74) is 0. The fourth-order valence-electron chi connectivity index (χ4n) is 1.99. The van der Waals surface area contributed by atoms with Crippen molar-refractivity contribution in [2.45, 2.75) is 39.0 Å². The molecule has 1 unspecified atom stereocenters. The van der Waals surface area contributed by atoms with Gasteiger partial charge in [-0.2, -0.15) is 26.7 Å². The number of thioether (sulfide) groups is 1. The van der Waals surface area contributed by atoms with Crippen molar-refractivity contribution >= 4 is 23.7 Å². The summed E-state index contributed by atoms with van der Waals surface area (Å²) in [6.07, 6.45) is 0.0514. The van der Waals surface area contributed by atoms with Crippen molar-refractivity contribution in [1.29, 1.82) is 0 Å². The molecule has 6 nitrogen and oxygen atoms in total. The minimum atomic E-state index is 0.0514. The quantitative estimate of drug-likeness (QED) is 0.892. The van der Waals surface area contributed by atoms with Crippen LogP contribution in [0.25, 0.3) is 0 Å². The lowest BCUT2D eigenvalue weighted by Crippen LogP contribution is -2.38. The van der Waals surface area contributed by atoms with Crippen molar-refractivity contribution in [3.05, 3.63) is 0 Å². The Balaban J connectivity index is 2.23. The Morgan fingerprint density at radius 3 is 2.85 bits per heavy atom. The summed E-state index contributed by atoms with van der Waals surface area (Å²) in [4.78, 5) is 15.4. The molecule has 112 valence electrons. The van der Waals surface area contributed by atoms with Gasteiger partial charge in [-0.1, -0.05) is 6.92 Å². The molecule has 2 heterocycles. The fourth-order valence-corrected chi connectivity index (χ4v) is 3.00. The van der Waals surface area contributed by atoms with Crippen molar-refractivity contribution in [2.75, 3.05) is 35.6 Å². The second kappa shape index (κ2) is 6.97. The molecular weight excluding hydrogens is 274 g/mol. The summed E-state index contributed by atoms with van der Waals surface area (Å²) in [6.45, 7) is 10.9. The topological polar surface area (TPSA) is 63.2 Å². The van der Waals surface area contributed by atoms with Gasteiger partial charge in [0.05, 0.1) is 6.10 Å². The maximum Gasteiger partial charge on any atom is 0.323 e. The van der Waals surface area contributed by atoms with Crippen LogP contribution in [-0.2, 0) is 0 Å². The summed E-state index contributed by atoms with van der Waals surface area (Å²) in [6, 6.07) is 0.395. The van der Waals surface area contributed by atoms with E-state index in [1.165, 1.54) is 0 Å². The van der Waals surface area contributed by atoms with Gasteiger partial charge < -0.3 is 15.0 Å². The van der Waals surface area contributed by atoms with Crippen LogP contribution in [0.2, 0.25) is 0 Å². The number of anilines is 2.